The molecule has 2 heterocycles. The van der Waals surface area contributed by atoms with Gasteiger partial charge in [0.1, 0.15) is 12.4 Å². The van der Waals surface area contributed by atoms with Crippen LogP contribution < -0.4 is 24.2 Å². The van der Waals surface area contributed by atoms with Crippen LogP contribution in [0.3, 0.4) is 0 Å². The first-order valence-electron chi connectivity index (χ1n) is 11.0. The van der Waals surface area contributed by atoms with Gasteiger partial charge in [0.05, 0.1) is 24.0 Å². The highest BCUT2D eigenvalue weighted by molar-refractivity contribution is 7.92. The zero-order valence-electron chi connectivity index (χ0n) is 18.3. The molecule has 176 valence electrons. The van der Waals surface area contributed by atoms with Gasteiger partial charge in [0, 0.05) is 23.9 Å². The molecule has 0 saturated heterocycles. The van der Waals surface area contributed by atoms with Gasteiger partial charge >= 0.3 is 0 Å². The number of fused-ring (bicyclic) bond motifs is 2. The molecule has 3 aromatic rings. The van der Waals surface area contributed by atoms with Crippen LogP contribution in [-0.4, -0.2) is 34.1 Å². The molecule has 0 saturated carbocycles. The number of hydrogen-bond acceptors (Lipinski definition) is 6. The number of para-hydroxylation sites is 1. The molecular weight excluding hydrogens is 456 g/mol. The van der Waals surface area contributed by atoms with Gasteiger partial charge in [-0.05, 0) is 54.4 Å². The maximum absolute atomic E-state index is 12.9. The predicted molar refractivity (Wildman–Crippen MR) is 127 cm³/mol. The fourth-order valence-corrected chi connectivity index (χ4v) is 4.96. The second-order valence-electron chi connectivity index (χ2n) is 8.15. The molecular formula is C25H24N2O6S. The van der Waals surface area contributed by atoms with E-state index in [1.54, 1.807) is 30.3 Å². The van der Waals surface area contributed by atoms with Crippen LogP contribution >= 0.6 is 0 Å². The number of sulfonamides is 1. The lowest BCUT2D eigenvalue weighted by molar-refractivity contribution is -0.121. The van der Waals surface area contributed by atoms with Crippen LogP contribution in [0.4, 0.5) is 11.4 Å². The number of ether oxygens (including phenoxy) is 3. The molecule has 0 aliphatic carbocycles. The Bertz CT molecular complexity index is 1310. The van der Waals surface area contributed by atoms with Crippen LogP contribution in [0.25, 0.3) is 0 Å². The van der Waals surface area contributed by atoms with E-state index in [1.165, 1.54) is 12.1 Å². The normalized spacial score (nSPS) is 17.0. The van der Waals surface area contributed by atoms with E-state index >= 15 is 0 Å². The molecule has 5 rings (SSSR count). The zero-order valence-corrected chi connectivity index (χ0v) is 19.1. The summed E-state index contributed by atoms with van der Waals surface area (Å²) in [6.45, 7) is 1.31. The van der Waals surface area contributed by atoms with E-state index in [9.17, 15) is 13.2 Å². The Morgan fingerprint density at radius 3 is 2.38 bits per heavy atom. The van der Waals surface area contributed by atoms with Crippen molar-refractivity contribution in [2.45, 2.75) is 17.7 Å². The Balaban J connectivity index is 1.23. The smallest absolute Gasteiger partial charge is 0.262 e. The first-order valence-corrected chi connectivity index (χ1v) is 12.5. The minimum Gasteiger partial charge on any atom is -0.492 e. The Labute approximate surface area is 197 Å². The van der Waals surface area contributed by atoms with Crippen LogP contribution in [0.2, 0.25) is 0 Å². The van der Waals surface area contributed by atoms with Crippen molar-refractivity contribution in [1.29, 1.82) is 0 Å². The van der Waals surface area contributed by atoms with Crippen molar-refractivity contribution in [3.63, 3.8) is 0 Å². The monoisotopic (exact) mass is 480 g/mol. The van der Waals surface area contributed by atoms with Crippen molar-refractivity contribution in [3.05, 3.63) is 72.3 Å². The summed E-state index contributed by atoms with van der Waals surface area (Å²) in [5.74, 6) is 1.32. The maximum Gasteiger partial charge on any atom is 0.262 e. The standard InChI is InChI=1S/C25H24N2O6S/c28-25(18-14-17-4-1-2-5-22(17)33-16-18)26-19-6-8-20(9-7-19)27-34(29,30)21-10-11-23-24(15-21)32-13-3-12-31-23/h1-2,4-11,15,18,27H,3,12-14,16H2,(H,26,28)/t18-/m0/s1. The molecule has 3 aromatic carbocycles. The Kier molecular flexibility index (Phi) is 6.02. The second kappa shape index (κ2) is 9.26. The molecule has 8 nitrogen and oxygen atoms in total. The number of anilines is 2. The van der Waals surface area contributed by atoms with Crippen molar-refractivity contribution in [3.8, 4) is 17.2 Å². The van der Waals surface area contributed by atoms with Crippen molar-refractivity contribution >= 4 is 27.3 Å². The fourth-order valence-electron chi connectivity index (χ4n) is 3.89. The predicted octanol–water partition coefficient (Wildman–Crippen LogP) is 3.84. The van der Waals surface area contributed by atoms with Crippen molar-refractivity contribution in [2.24, 2.45) is 5.92 Å². The molecule has 2 aliphatic heterocycles. The first-order chi connectivity index (χ1) is 16.5. The van der Waals surface area contributed by atoms with Gasteiger partial charge in [-0.25, -0.2) is 8.42 Å². The lowest BCUT2D eigenvalue weighted by Crippen LogP contribution is -2.32. The molecule has 9 heteroatoms. The van der Waals surface area contributed by atoms with Crippen molar-refractivity contribution in [2.75, 3.05) is 29.9 Å². The third kappa shape index (κ3) is 4.79. The largest absolute Gasteiger partial charge is 0.492 e. The minimum absolute atomic E-state index is 0.0757. The van der Waals surface area contributed by atoms with Gasteiger partial charge in [0.2, 0.25) is 5.91 Å². The van der Waals surface area contributed by atoms with E-state index in [4.69, 9.17) is 14.2 Å². The van der Waals surface area contributed by atoms with E-state index in [1.807, 2.05) is 24.3 Å². The van der Waals surface area contributed by atoms with Gasteiger partial charge in [-0.1, -0.05) is 18.2 Å². The lowest BCUT2D eigenvalue weighted by Gasteiger charge is -2.24. The molecule has 0 bridgehead atoms. The number of nitrogens with one attached hydrogen (secondary N) is 2. The van der Waals surface area contributed by atoms with Crippen LogP contribution in [0.15, 0.2) is 71.6 Å². The molecule has 0 fully saturated rings. The van der Waals surface area contributed by atoms with Gasteiger partial charge in [-0.3, -0.25) is 9.52 Å². The average Bonchev–Trinajstić information content (AvgIpc) is 3.10. The molecule has 0 aromatic heterocycles. The van der Waals surface area contributed by atoms with Crippen LogP contribution in [0, 0.1) is 5.92 Å². The van der Waals surface area contributed by atoms with Crippen molar-refractivity contribution in [1.82, 2.24) is 0 Å². The van der Waals surface area contributed by atoms with Gasteiger partial charge in [0.15, 0.2) is 11.5 Å². The minimum atomic E-state index is -3.83. The maximum atomic E-state index is 12.9. The van der Waals surface area contributed by atoms with Crippen LogP contribution in [0.5, 0.6) is 17.2 Å². The van der Waals surface area contributed by atoms with Gasteiger partial charge in [-0.2, -0.15) is 0 Å². The molecule has 2 N–H and O–H groups in total. The highest BCUT2D eigenvalue weighted by Gasteiger charge is 2.26. The summed E-state index contributed by atoms with van der Waals surface area (Å²) < 4.78 is 45.1. The molecule has 34 heavy (non-hydrogen) atoms. The molecule has 1 atom stereocenters. The SMILES string of the molecule is O=C(Nc1ccc(NS(=O)(=O)c2ccc3c(c2)OCCCO3)cc1)[C@@H]1COc2ccccc2C1. The first kappa shape index (κ1) is 22.1. The van der Waals surface area contributed by atoms with Gasteiger partial charge < -0.3 is 19.5 Å². The Morgan fingerprint density at radius 2 is 1.56 bits per heavy atom. The zero-order chi connectivity index (χ0) is 23.5. The molecule has 2 aliphatic rings. The number of rotatable bonds is 5. The quantitative estimate of drug-likeness (QED) is 0.575. The summed E-state index contributed by atoms with van der Waals surface area (Å²) >= 11 is 0. The summed E-state index contributed by atoms with van der Waals surface area (Å²) in [5, 5.41) is 2.88. The average molecular weight is 481 g/mol. The van der Waals surface area contributed by atoms with E-state index < -0.39 is 10.0 Å². The number of amides is 1. The third-order valence-electron chi connectivity index (χ3n) is 5.68. The lowest BCUT2D eigenvalue weighted by atomic mass is 9.96. The Morgan fingerprint density at radius 1 is 0.824 bits per heavy atom. The number of hydrogen-bond donors (Lipinski definition) is 2. The van der Waals surface area contributed by atoms with Gasteiger partial charge in [-0.15, -0.1) is 0 Å². The third-order valence-corrected chi connectivity index (χ3v) is 7.06. The topological polar surface area (TPSA) is 103 Å². The summed E-state index contributed by atoms with van der Waals surface area (Å²) in [4.78, 5) is 12.8. The highest BCUT2D eigenvalue weighted by atomic mass is 32.2. The van der Waals surface area contributed by atoms with Crippen molar-refractivity contribution < 1.29 is 27.4 Å². The van der Waals surface area contributed by atoms with Crippen LogP contribution in [0.1, 0.15) is 12.0 Å². The molecule has 0 radical (unpaired) electrons. The summed E-state index contributed by atoms with van der Waals surface area (Å²) in [7, 11) is -3.83. The number of carbonyl (C=O) groups excluding carboxylic acids is 1. The Hall–Kier alpha value is -3.72. The highest BCUT2D eigenvalue weighted by Crippen LogP contribution is 2.33. The molecule has 1 amide bonds. The van der Waals surface area contributed by atoms with Gasteiger partial charge in [0.25, 0.3) is 10.0 Å². The fraction of sp³-hybridized carbons (Fsp3) is 0.240. The second-order valence-corrected chi connectivity index (χ2v) is 9.83. The number of benzene rings is 3. The van der Waals surface area contributed by atoms with E-state index in [-0.39, 0.29) is 16.7 Å². The summed E-state index contributed by atoms with van der Waals surface area (Å²) in [5.41, 5.74) is 1.95. The van der Waals surface area contributed by atoms with E-state index in [0.717, 1.165) is 17.7 Å². The number of carbonyl (C=O) groups is 1. The molecule has 0 spiro atoms. The van der Waals surface area contributed by atoms with Crippen LogP contribution in [-0.2, 0) is 21.2 Å². The molecule has 0 unspecified atom stereocenters. The summed E-state index contributed by atoms with van der Waals surface area (Å²) in [6, 6.07) is 18.7. The van der Waals surface area contributed by atoms with E-state index in [2.05, 4.69) is 10.0 Å². The van der Waals surface area contributed by atoms with E-state index in [0.29, 0.717) is 49.1 Å². The summed E-state index contributed by atoms with van der Waals surface area (Å²) in [6.07, 6.45) is 1.34.